The third-order valence-corrected chi connectivity index (χ3v) is 14.0. The molecule has 0 aliphatic heterocycles. The molecular weight excluding hydrogens is 913 g/mol. The summed E-state index contributed by atoms with van der Waals surface area (Å²) in [7, 11) is 0. The highest BCUT2D eigenvalue weighted by Gasteiger charge is 2.19. The molecule has 0 amide bonds. The summed E-state index contributed by atoms with van der Waals surface area (Å²) in [5.41, 5.74) is 0. The van der Waals surface area contributed by atoms with E-state index in [0.717, 1.165) is 70.6 Å². The second-order valence-electron chi connectivity index (χ2n) is 21.3. The Hall–Kier alpha value is -3.15. The molecule has 0 aliphatic carbocycles. The molecule has 1 atom stereocenters. The Morgan fingerprint density at radius 2 is 0.554 bits per heavy atom. The zero-order valence-electron chi connectivity index (χ0n) is 49.1. The van der Waals surface area contributed by atoms with Crippen molar-refractivity contribution in [2.24, 2.45) is 0 Å². The Morgan fingerprint density at radius 3 is 0.932 bits per heavy atom. The van der Waals surface area contributed by atoms with Crippen molar-refractivity contribution in [2.75, 3.05) is 13.2 Å². The predicted octanol–water partition coefficient (Wildman–Crippen LogP) is 21.7. The number of allylic oxidation sites excluding steroid dienone is 12. The average molecular weight is 1030 g/mol. The topological polar surface area (TPSA) is 78.9 Å². The molecular formula is C68H120O6. The lowest BCUT2D eigenvalue weighted by Crippen LogP contribution is -2.30. The van der Waals surface area contributed by atoms with E-state index in [9.17, 15) is 14.4 Å². The first-order valence-electron chi connectivity index (χ1n) is 31.9. The van der Waals surface area contributed by atoms with Gasteiger partial charge in [-0.2, -0.15) is 0 Å². The highest BCUT2D eigenvalue weighted by Crippen LogP contribution is 2.17. The number of carbonyl (C=O) groups is 3. The van der Waals surface area contributed by atoms with Crippen LogP contribution < -0.4 is 0 Å². The van der Waals surface area contributed by atoms with Gasteiger partial charge in [0, 0.05) is 19.3 Å². The maximum Gasteiger partial charge on any atom is 0.306 e. The predicted molar refractivity (Wildman–Crippen MR) is 321 cm³/mol. The molecule has 0 N–H and O–H groups in total. The largest absolute Gasteiger partial charge is 0.462 e. The van der Waals surface area contributed by atoms with E-state index in [0.29, 0.717) is 19.3 Å². The van der Waals surface area contributed by atoms with Crippen molar-refractivity contribution in [3.8, 4) is 0 Å². The summed E-state index contributed by atoms with van der Waals surface area (Å²) in [4.78, 5) is 38.2. The average Bonchev–Trinajstić information content (AvgIpc) is 3.40. The zero-order chi connectivity index (χ0) is 53.6. The molecule has 6 heteroatoms. The van der Waals surface area contributed by atoms with Crippen molar-refractivity contribution < 1.29 is 28.6 Å². The first-order chi connectivity index (χ1) is 36.5. The van der Waals surface area contributed by atoms with E-state index >= 15 is 0 Å². The van der Waals surface area contributed by atoms with Crippen LogP contribution in [-0.4, -0.2) is 37.2 Å². The third-order valence-electron chi connectivity index (χ3n) is 14.0. The number of rotatable bonds is 58. The Kier molecular flexibility index (Phi) is 59.7. The minimum Gasteiger partial charge on any atom is -0.462 e. The van der Waals surface area contributed by atoms with Gasteiger partial charge in [0.1, 0.15) is 13.2 Å². The Labute approximate surface area is 459 Å². The first kappa shape index (κ1) is 70.8. The summed E-state index contributed by atoms with van der Waals surface area (Å²) in [6.45, 7) is 6.48. The quantitative estimate of drug-likeness (QED) is 0.0261. The highest BCUT2D eigenvalue weighted by atomic mass is 16.6. The van der Waals surface area contributed by atoms with Crippen LogP contribution in [0.3, 0.4) is 0 Å². The summed E-state index contributed by atoms with van der Waals surface area (Å²) in [5, 5.41) is 0. The van der Waals surface area contributed by atoms with Gasteiger partial charge in [-0.15, -0.1) is 0 Å². The maximum atomic E-state index is 12.9. The van der Waals surface area contributed by atoms with Gasteiger partial charge < -0.3 is 14.2 Å². The van der Waals surface area contributed by atoms with Crippen molar-refractivity contribution in [3.05, 3.63) is 72.9 Å². The van der Waals surface area contributed by atoms with Crippen LogP contribution in [0.2, 0.25) is 0 Å². The maximum absolute atomic E-state index is 12.9. The number of esters is 3. The van der Waals surface area contributed by atoms with Crippen molar-refractivity contribution >= 4 is 17.9 Å². The van der Waals surface area contributed by atoms with Crippen LogP contribution in [0.5, 0.6) is 0 Å². The van der Waals surface area contributed by atoms with Gasteiger partial charge in [-0.25, -0.2) is 0 Å². The minimum absolute atomic E-state index is 0.0963. The zero-order valence-corrected chi connectivity index (χ0v) is 49.1. The summed E-state index contributed by atoms with van der Waals surface area (Å²) in [6.07, 6.45) is 80.8. The van der Waals surface area contributed by atoms with E-state index < -0.39 is 6.10 Å². The molecule has 0 bridgehead atoms. The minimum atomic E-state index is -0.806. The van der Waals surface area contributed by atoms with Gasteiger partial charge in [-0.1, -0.05) is 299 Å². The fourth-order valence-corrected chi connectivity index (χ4v) is 9.20. The van der Waals surface area contributed by atoms with Gasteiger partial charge in [-0.3, -0.25) is 14.4 Å². The van der Waals surface area contributed by atoms with Crippen LogP contribution in [-0.2, 0) is 28.6 Å². The Balaban J connectivity index is 4.31. The fourth-order valence-electron chi connectivity index (χ4n) is 9.20. The van der Waals surface area contributed by atoms with Crippen LogP contribution in [0.1, 0.15) is 323 Å². The highest BCUT2D eigenvalue weighted by molar-refractivity contribution is 5.71. The molecule has 0 aromatic carbocycles. The molecule has 0 aliphatic rings. The first-order valence-corrected chi connectivity index (χ1v) is 31.9. The molecule has 0 fully saturated rings. The molecule has 1 unspecified atom stereocenters. The molecule has 0 aromatic heterocycles. The number of carbonyl (C=O) groups excluding carboxylic acids is 3. The number of hydrogen-bond donors (Lipinski definition) is 0. The van der Waals surface area contributed by atoms with Crippen LogP contribution in [0.25, 0.3) is 0 Å². The van der Waals surface area contributed by atoms with Crippen LogP contribution in [0, 0.1) is 0 Å². The second kappa shape index (κ2) is 62.4. The van der Waals surface area contributed by atoms with Gasteiger partial charge in [0.05, 0.1) is 0 Å². The summed E-state index contributed by atoms with van der Waals surface area (Å²) >= 11 is 0. The second-order valence-corrected chi connectivity index (χ2v) is 21.3. The molecule has 428 valence electrons. The summed E-state index contributed by atoms with van der Waals surface area (Å²) < 4.78 is 16.8. The molecule has 0 saturated carbocycles. The molecule has 0 rings (SSSR count). The number of ether oxygens (including phenoxy) is 3. The molecule has 0 saturated heterocycles. The lowest BCUT2D eigenvalue weighted by atomic mass is 10.0. The number of hydrogen-bond acceptors (Lipinski definition) is 6. The molecule has 6 nitrogen and oxygen atoms in total. The SMILES string of the molecule is CC/C=C\C/C=C\C/C=C\C/C=C\CCC(=O)OCC(COC(=O)CCCCCCCCCCCCCCCCCCCCCCCCCC)OC(=O)CCCCCCCCCCC/C=C\C/C=C\CCCCC. The van der Waals surface area contributed by atoms with E-state index in [2.05, 4.69) is 87.6 Å². The van der Waals surface area contributed by atoms with E-state index in [4.69, 9.17) is 14.2 Å². The van der Waals surface area contributed by atoms with Gasteiger partial charge in [-0.05, 0) is 77.0 Å². The normalized spacial score (nSPS) is 12.5. The van der Waals surface area contributed by atoms with E-state index in [1.54, 1.807) is 0 Å². The Bertz CT molecular complexity index is 1370. The third kappa shape index (κ3) is 59.7. The summed E-state index contributed by atoms with van der Waals surface area (Å²) in [5.74, 6) is -0.971. The van der Waals surface area contributed by atoms with E-state index in [-0.39, 0.29) is 37.5 Å². The van der Waals surface area contributed by atoms with E-state index in [1.165, 1.54) is 205 Å². The summed E-state index contributed by atoms with van der Waals surface area (Å²) in [6, 6.07) is 0. The van der Waals surface area contributed by atoms with Crippen molar-refractivity contribution in [1.82, 2.24) is 0 Å². The Morgan fingerprint density at radius 1 is 0.284 bits per heavy atom. The van der Waals surface area contributed by atoms with Crippen LogP contribution in [0.4, 0.5) is 0 Å². The van der Waals surface area contributed by atoms with Gasteiger partial charge in [0.2, 0.25) is 0 Å². The van der Waals surface area contributed by atoms with Gasteiger partial charge in [0.25, 0.3) is 0 Å². The van der Waals surface area contributed by atoms with Crippen LogP contribution in [0.15, 0.2) is 72.9 Å². The molecule has 0 aromatic rings. The fraction of sp³-hybridized carbons (Fsp3) is 0.779. The smallest absolute Gasteiger partial charge is 0.306 e. The van der Waals surface area contributed by atoms with Gasteiger partial charge >= 0.3 is 17.9 Å². The number of unbranched alkanes of at least 4 members (excludes halogenated alkanes) is 35. The van der Waals surface area contributed by atoms with Crippen molar-refractivity contribution in [1.29, 1.82) is 0 Å². The standard InChI is InChI=1S/C68H120O6/c1-4-7-10-13-16-19-22-25-27-29-31-32-33-34-35-37-38-40-43-46-49-52-55-58-61-67(70)73-64-65(63-72-66(69)60-57-54-51-48-45-42-24-21-18-15-12-9-6-3)74-68(71)62-59-56-53-50-47-44-41-39-36-30-28-26-23-20-17-14-11-8-5-2/h9,12,17-18,20-21,26,28,42,45,51,54,65H,4-8,10-11,13-16,19,22-25,27,29-41,43-44,46-50,52-53,55-64H2,1-3H3/b12-9-,20-17-,21-18-,28-26-,45-42-,54-51-. The van der Waals surface area contributed by atoms with Crippen LogP contribution >= 0.6 is 0 Å². The lowest BCUT2D eigenvalue weighted by Gasteiger charge is -2.18. The van der Waals surface area contributed by atoms with Gasteiger partial charge in [0.15, 0.2) is 6.10 Å². The molecule has 0 heterocycles. The van der Waals surface area contributed by atoms with Crippen molar-refractivity contribution in [2.45, 2.75) is 329 Å². The monoisotopic (exact) mass is 1030 g/mol. The van der Waals surface area contributed by atoms with E-state index in [1.807, 2.05) is 6.08 Å². The molecule has 74 heavy (non-hydrogen) atoms. The lowest BCUT2D eigenvalue weighted by molar-refractivity contribution is -0.166. The molecule has 0 spiro atoms. The molecule has 0 radical (unpaired) electrons. The van der Waals surface area contributed by atoms with Crippen molar-refractivity contribution in [3.63, 3.8) is 0 Å².